The summed E-state index contributed by atoms with van der Waals surface area (Å²) in [5, 5.41) is 3.15. The molecule has 1 unspecified atom stereocenters. The van der Waals surface area contributed by atoms with Crippen molar-refractivity contribution in [3.05, 3.63) is 27.4 Å². The van der Waals surface area contributed by atoms with E-state index in [1.807, 2.05) is 6.92 Å². The van der Waals surface area contributed by atoms with Gasteiger partial charge in [-0.2, -0.15) is 0 Å². The molecule has 0 saturated heterocycles. The van der Waals surface area contributed by atoms with E-state index in [-0.39, 0.29) is 11.7 Å². The molecule has 1 aromatic rings. The summed E-state index contributed by atoms with van der Waals surface area (Å²) < 4.78 is 5.71. The Bertz CT molecular complexity index is 479. The minimum absolute atomic E-state index is 0.0136. The summed E-state index contributed by atoms with van der Waals surface area (Å²) in [6.45, 7) is 3.94. The predicted octanol–water partition coefficient (Wildman–Crippen LogP) is 0.861. The van der Waals surface area contributed by atoms with E-state index in [0.717, 1.165) is 11.3 Å². The fraction of sp³-hybridized carbons (Fsp3) is 0.667. The summed E-state index contributed by atoms with van der Waals surface area (Å²) in [6.07, 6.45) is 2.31. The summed E-state index contributed by atoms with van der Waals surface area (Å²) in [7, 11) is 0. The first-order valence-corrected chi connectivity index (χ1v) is 6.24. The van der Waals surface area contributed by atoms with Crippen LogP contribution >= 0.6 is 0 Å². The van der Waals surface area contributed by atoms with Gasteiger partial charge in [-0.3, -0.25) is 4.79 Å². The van der Waals surface area contributed by atoms with Crippen molar-refractivity contribution in [1.82, 2.24) is 15.3 Å². The molecule has 1 aliphatic carbocycles. The van der Waals surface area contributed by atoms with Gasteiger partial charge < -0.3 is 15.0 Å². The summed E-state index contributed by atoms with van der Waals surface area (Å²) in [5.41, 5.74) is 1.65. The fourth-order valence-corrected chi connectivity index (χ4v) is 2.35. The number of nitrogens with one attached hydrogen (secondary N) is 2. The van der Waals surface area contributed by atoms with Crippen LogP contribution in [0.3, 0.4) is 0 Å². The molecule has 5 heteroatoms. The Kier molecular flexibility index (Phi) is 2.72. The van der Waals surface area contributed by atoms with E-state index in [1.165, 1.54) is 12.8 Å². The van der Waals surface area contributed by atoms with Crippen molar-refractivity contribution in [1.29, 1.82) is 0 Å². The quantitative estimate of drug-likeness (QED) is 0.812. The van der Waals surface area contributed by atoms with Crippen LogP contribution < -0.4 is 10.9 Å². The van der Waals surface area contributed by atoms with Gasteiger partial charge in [-0.1, -0.05) is 0 Å². The van der Waals surface area contributed by atoms with Crippen molar-refractivity contribution in [2.75, 3.05) is 6.61 Å². The third-order valence-corrected chi connectivity index (χ3v) is 3.38. The van der Waals surface area contributed by atoms with Gasteiger partial charge in [0.05, 0.1) is 11.3 Å². The highest BCUT2D eigenvalue weighted by atomic mass is 16.5. The molecule has 0 spiro atoms. The lowest BCUT2D eigenvalue weighted by atomic mass is 10.2. The third kappa shape index (κ3) is 2.00. The molecule has 1 aromatic heterocycles. The minimum atomic E-state index is -0.0291. The van der Waals surface area contributed by atoms with Crippen molar-refractivity contribution < 1.29 is 4.74 Å². The molecular formula is C12H17N3O2. The largest absolute Gasteiger partial charge is 0.370 e. The smallest absolute Gasteiger partial charge is 0.255 e. The third-order valence-electron chi connectivity index (χ3n) is 3.38. The molecule has 0 bridgehead atoms. The van der Waals surface area contributed by atoms with E-state index in [1.54, 1.807) is 0 Å². The van der Waals surface area contributed by atoms with E-state index in [4.69, 9.17) is 4.74 Å². The van der Waals surface area contributed by atoms with Gasteiger partial charge in [0.25, 0.3) is 5.56 Å². The maximum atomic E-state index is 11.9. The Labute approximate surface area is 99.6 Å². The normalized spacial score (nSPS) is 20.3. The highest BCUT2D eigenvalue weighted by molar-refractivity contribution is 5.22. The van der Waals surface area contributed by atoms with Crippen LogP contribution in [-0.2, 0) is 17.8 Å². The van der Waals surface area contributed by atoms with Gasteiger partial charge in [-0.25, -0.2) is 4.98 Å². The molecule has 0 amide bonds. The first-order valence-electron chi connectivity index (χ1n) is 6.24. The molecule has 0 aromatic carbocycles. The zero-order valence-corrected chi connectivity index (χ0v) is 9.95. The molecule has 2 aliphatic rings. The number of H-pyrrole nitrogens is 1. The van der Waals surface area contributed by atoms with Gasteiger partial charge in [0.2, 0.25) is 0 Å². The first kappa shape index (κ1) is 10.9. The number of aromatic nitrogens is 2. The van der Waals surface area contributed by atoms with Gasteiger partial charge in [0, 0.05) is 19.7 Å². The van der Waals surface area contributed by atoms with Crippen LogP contribution in [-0.4, -0.2) is 16.6 Å². The number of nitrogens with zero attached hydrogens (tertiary/aromatic N) is 1. The Morgan fingerprint density at radius 2 is 2.29 bits per heavy atom. The molecule has 1 atom stereocenters. The number of aromatic amines is 1. The lowest BCUT2D eigenvalue weighted by Crippen LogP contribution is -2.21. The zero-order valence-electron chi connectivity index (χ0n) is 9.95. The van der Waals surface area contributed by atoms with Gasteiger partial charge in [0.15, 0.2) is 0 Å². The molecule has 5 nitrogen and oxygen atoms in total. The summed E-state index contributed by atoms with van der Waals surface area (Å²) in [6, 6.07) is 0. The van der Waals surface area contributed by atoms with E-state index < -0.39 is 0 Å². The highest BCUT2D eigenvalue weighted by Crippen LogP contribution is 2.42. The van der Waals surface area contributed by atoms with E-state index in [2.05, 4.69) is 15.3 Å². The number of fused-ring (bicyclic) bond motifs is 1. The van der Waals surface area contributed by atoms with E-state index in [0.29, 0.717) is 31.4 Å². The van der Waals surface area contributed by atoms with Crippen molar-refractivity contribution in [3.63, 3.8) is 0 Å². The highest BCUT2D eigenvalue weighted by Gasteiger charge is 2.35. The topological polar surface area (TPSA) is 67.0 Å². The summed E-state index contributed by atoms with van der Waals surface area (Å²) in [5.74, 6) is 1.24. The average molecular weight is 235 g/mol. The molecular weight excluding hydrogens is 218 g/mol. The Morgan fingerprint density at radius 1 is 1.47 bits per heavy atom. The number of rotatable bonds is 4. The van der Waals surface area contributed by atoms with Crippen LogP contribution in [0.15, 0.2) is 4.79 Å². The molecule has 1 aliphatic heterocycles. The maximum absolute atomic E-state index is 11.9. The van der Waals surface area contributed by atoms with Crippen molar-refractivity contribution in [2.45, 2.75) is 39.0 Å². The van der Waals surface area contributed by atoms with Crippen LogP contribution in [0.5, 0.6) is 0 Å². The second-order valence-electron chi connectivity index (χ2n) is 4.69. The van der Waals surface area contributed by atoms with Crippen LogP contribution in [0.2, 0.25) is 0 Å². The van der Waals surface area contributed by atoms with Crippen LogP contribution in [0.25, 0.3) is 0 Å². The molecule has 1 fully saturated rings. The Balaban J connectivity index is 1.96. The molecule has 2 N–H and O–H groups in total. The monoisotopic (exact) mass is 235 g/mol. The second-order valence-corrected chi connectivity index (χ2v) is 4.69. The molecule has 3 rings (SSSR count). The summed E-state index contributed by atoms with van der Waals surface area (Å²) >= 11 is 0. The van der Waals surface area contributed by atoms with E-state index >= 15 is 0 Å². The minimum Gasteiger partial charge on any atom is -0.370 e. The Hall–Kier alpha value is -1.20. The van der Waals surface area contributed by atoms with Crippen molar-refractivity contribution in [2.24, 2.45) is 5.92 Å². The number of hydrogen-bond donors (Lipinski definition) is 2. The zero-order chi connectivity index (χ0) is 11.8. The van der Waals surface area contributed by atoms with Crippen molar-refractivity contribution >= 4 is 0 Å². The van der Waals surface area contributed by atoms with Gasteiger partial charge in [-0.15, -0.1) is 0 Å². The maximum Gasteiger partial charge on any atom is 0.255 e. The number of hydrogen-bond acceptors (Lipinski definition) is 4. The van der Waals surface area contributed by atoms with Gasteiger partial charge in [-0.05, 0) is 25.7 Å². The van der Waals surface area contributed by atoms with E-state index in [9.17, 15) is 4.79 Å². The molecule has 17 heavy (non-hydrogen) atoms. The molecule has 2 heterocycles. The van der Waals surface area contributed by atoms with Crippen molar-refractivity contribution in [3.8, 4) is 0 Å². The fourth-order valence-electron chi connectivity index (χ4n) is 2.35. The van der Waals surface area contributed by atoms with Gasteiger partial charge >= 0.3 is 0 Å². The Morgan fingerprint density at radius 3 is 3.00 bits per heavy atom. The second kappa shape index (κ2) is 4.23. The summed E-state index contributed by atoms with van der Waals surface area (Å²) in [4.78, 5) is 19.3. The average Bonchev–Trinajstić information content (AvgIpc) is 3.03. The molecule has 92 valence electrons. The predicted molar refractivity (Wildman–Crippen MR) is 62.5 cm³/mol. The lowest BCUT2D eigenvalue weighted by molar-refractivity contribution is 0.0397. The number of ether oxygens (including phenoxy) is 1. The standard InChI is InChI=1S/C12H17N3O2/c1-2-17-10(7-3-4-7)11-14-9-6-13-5-8(9)12(16)15-11/h7,10,13H,2-6H2,1H3,(H,14,15,16). The van der Waals surface area contributed by atoms with Crippen LogP contribution in [0.1, 0.15) is 43.0 Å². The molecule has 1 saturated carbocycles. The first-order chi connectivity index (χ1) is 8.29. The molecule has 0 radical (unpaired) electrons. The lowest BCUT2D eigenvalue weighted by Gasteiger charge is -2.15. The van der Waals surface area contributed by atoms with Crippen LogP contribution in [0.4, 0.5) is 0 Å². The van der Waals surface area contributed by atoms with Gasteiger partial charge in [0.1, 0.15) is 11.9 Å². The SMILES string of the molecule is CCOC(c1nc2c(c(=O)[nH]1)CNC2)C1CC1. The van der Waals surface area contributed by atoms with Crippen LogP contribution in [0, 0.1) is 5.92 Å².